The molecule has 0 aliphatic rings. The number of nitrogens with one attached hydrogen (secondary N) is 1. The lowest BCUT2D eigenvalue weighted by Gasteiger charge is -2.36. The molecule has 0 aliphatic carbocycles. The Bertz CT molecular complexity index is 608. The van der Waals surface area contributed by atoms with Crippen molar-refractivity contribution in [1.82, 2.24) is 5.32 Å². The molecular formula is C15H17F6NO2. The van der Waals surface area contributed by atoms with Gasteiger partial charge in [0, 0.05) is 0 Å². The fraction of sp³-hybridized carbons (Fsp3) is 0.533. The van der Waals surface area contributed by atoms with Crippen molar-refractivity contribution in [3.05, 3.63) is 28.8 Å². The standard InChI is InChI=1S/C15H17F6NO2/c1-5-13(14(16,17)18,15(19,20)21)22-12(23)24-11-7-8(2)6-9(3)10(11)4/h6-7H,5H2,1-4H3,(H,22,23). The molecule has 9 heteroatoms. The van der Waals surface area contributed by atoms with E-state index in [4.69, 9.17) is 4.74 Å². The Morgan fingerprint density at radius 3 is 1.96 bits per heavy atom. The number of amides is 1. The minimum Gasteiger partial charge on any atom is -0.410 e. The Hall–Kier alpha value is -1.93. The molecule has 0 unspecified atom stereocenters. The van der Waals surface area contributed by atoms with E-state index >= 15 is 0 Å². The summed E-state index contributed by atoms with van der Waals surface area (Å²) in [5.74, 6) is -0.0978. The fourth-order valence-electron chi connectivity index (χ4n) is 2.20. The summed E-state index contributed by atoms with van der Waals surface area (Å²) in [5.41, 5.74) is -2.60. The molecule has 0 saturated carbocycles. The molecule has 0 saturated heterocycles. The van der Waals surface area contributed by atoms with Crippen LogP contribution in [0.1, 0.15) is 30.0 Å². The fourth-order valence-corrected chi connectivity index (χ4v) is 2.20. The summed E-state index contributed by atoms with van der Waals surface area (Å²) in [6, 6.07) is 3.10. The number of aryl methyl sites for hydroxylation is 2. The molecule has 1 aromatic rings. The zero-order valence-corrected chi connectivity index (χ0v) is 13.4. The van der Waals surface area contributed by atoms with Gasteiger partial charge in [0.15, 0.2) is 0 Å². The number of alkyl halides is 6. The zero-order valence-electron chi connectivity index (χ0n) is 13.4. The molecule has 0 atom stereocenters. The molecule has 0 heterocycles. The van der Waals surface area contributed by atoms with Gasteiger partial charge in [-0.25, -0.2) is 4.79 Å². The first-order valence-corrected chi connectivity index (χ1v) is 6.96. The maximum absolute atomic E-state index is 13.0. The van der Waals surface area contributed by atoms with Gasteiger partial charge in [-0.05, 0) is 49.9 Å². The summed E-state index contributed by atoms with van der Waals surface area (Å²) < 4.78 is 82.6. The maximum atomic E-state index is 13.0. The largest absolute Gasteiger partial charge is 0.420 e. The first kappa shape index (κ1) is 20.1. The number of halogens is 6. The summed E-state index contributed by atoms with van der Waals surface area (Å²) in [7, 11) is 0. The van der Waals surface area contributed by atoms with Crippen molar-refractivity contribution in [3.8, 4) is 5.75 Å². The molecule has 0 fully saturated rings. The summed E-state index contributed by atoms with van der Waals surface area (Å²) >= 11 is 0. The smallest absolute Gasteiger partial charge is 0.410 e. The summed E-state index contributed by atoms with van der Waals surface area (Å²) in [6.45, 7) is 5.55. The summed E-state index contributed by atoms with van der Waals surface area (Å²) in [5, 5.41) is 0.964. The Kier molecular flexibility index (Phi) is 5.47. The third kappa shape index (κ3) is 3.76. The SMILES string of the molecule is CCC(NC(=O)Oc1cc(C)cc(C)c1C)(C(F)(F)F)C(F)(F)F. The monoisotopic (exact) mass is 357 g/mol. The Morgan fingerprint density at radius 1 is 1.04 bits per heavy atom. The van der Waals surface area contributed by atoms with Crippen LogP contribution < -0.4 is 10.1 Å². The van der Waals surface area contributed by atoms with Gasteiger partial charge in [0.05, 0.1) is 0 Å². The summed E-state index contributed by atoms with van der Waals surface area (Å²) in [4.78, 5) is 11.7. The van der Waals surface area contributed by atoms with E-state index in [1.54, 1.807) is 19.9 Å². The normalized spacial score (nSPS) is 12.9. The van der Waals surface area contributed by atoms with Crippen molar-refractivity contribution in [2.45, 2.75) is 52.0 Å². The zero-order chi connectivity index (χ0) is 18.9. The molecule has 3 nitrogen and oxygen atoms in total. The van der Waals surface area contributed by atoms with Gasteiger partial charge in [-0.2, -0.15) is 26.3 Å². The van der Waals surface area contributed by atoms with Crippen LogP contribution in [0.15, 0.2) is 12.1 Å². The van der Waals surface area contributed by atoms with Gasteiger partial charge in [-0.15, -0.1) is 0 Å². The Morgan fingerprint density at radius 2 is 1.54 bits per heavy atom. The predicted octanol–water partition coefficient (Wildman–Crippen LogP) is 4.97. The highest BCUT2D eigenvalue weighted by Crippen LogP contribution is 2.45. The number of hydrogen-bond donors (Lipinski definition) is 1. The lowest BCUT2D eigenvalue weighted by Crippen LogP contribution is -2.67. The molecule has 24 heavy (non-hydrogen) atoms. The van der Waals surface area contributed by atoms with Crippen molar-refractivity contribution < 1.29 is 35.9 Å². The van der Waals surface area contributed by atoms with Gasteiger partial charge >= 0.3 is 18.4 Å². The number of hydrogen-bond acceptors (Lipinski definition) is 2. The first-order chi connectivity index (χ1) is 10.7. The van der Waals surface area contributed by atoms with Gasteiger partial charge in [-0.3, -0.25) is 5.32 Å². The molecule has 1 amide bonds. The molecule has 1 aromatic carbocycles. The van der Waals surface area contributed by atoms with E-state index in [1.165, 1.54) is 13.0 Å². The van der Waals surface area contributed by atoms with E-state index in [1.807, 2.05) is 0 Å². The van der Waals surface area contributed by atoms with E-state index in [-0.39, 0.29) is 5.75 Å². The number of carbonyl (C=O) groups is 1. The van der Waals surface area contributed by atoms with Gasteiger partial charge in [-0.1, -0.05) is 13.0 Å². The number of rotatable bonds is 3. The maximum Gasteiger partial charge on any atom is 0.420 e. The quantitative estimate of drug-likeness (QED) is 0.776. The predicted molar refractivity (Wildman–Crippen MR) is 74.9 cm³/mol. The highest BCUT2D eigenvalue weighted by molar-refractivity contribution is 5.72. The van der Waals surface area contributed by atoms with E-state index in [2.05, 4.69) is 0 Å². The van der Waals surface area contributed by atoms with E-state index in [0.29, 0.717) is 23.6 Å². The lowest BCUT2D eigenvalue weighted by molar-refractivity contribution is -0.305. The highest BCUT2D eigenvalue weighted by Gasteiger charge is 2.70. The second-order valence-corrected chi connectivity index (χ2v) is 5.47. The lowest BCUT2D eigenvalue weighted by atomic mass is 9.94. The molecule has 0 bridgehead atoms. The van der Waals surface area contributed by atoms with Crippen molar-refractivity contribution in [3.63, 3.8) is 0 Å². The van der Waals surface area contributed by atoms with Crippen molar-refractivity contribution in [1.29, 1.82) is 0 Å². The van der Waals surface area contributed by atoms with Crippen molar-refractivity contribution >= 4 is 6.09 Å². The summed E-state index contributed by atoms with van der Waals surface area (Å²) in [6.07, 6.45) is -14.7. The van der Waals surface area contributed by atoms with Crippen LogP contribution in [0.5, 0.6) is 5.75 Å². The van der Waals surface area contributed by atoms with Crippen LogP contribution in [0.25, 0.3) is 0 Å². The Labute approximate surface area is 135 Å². The van der Waals surface area contributed by atoms with Gasteiger partial charge in [0.2, 0.25) is 5.54 Å². The first-order valence-electron chi connectivity index (χ1n) is 6.96. The topological polar surface area (TPSA) is 38.3 Å². The molecule has 0 radical (unpaired) electrons. The third-order valence-corrected chi connectivity index (χ3v) is 3.78. The van der Waals surface area contributed by atoms with Crippen molar-refractivity contribution in [2.24, 2.45) is 0 Å². The number of benzene rings is 1. The molecule has 0 spiro atoms. The van der Waals surface area contributed by atoms with Gasteiger partial charge in [0.1, 0.15) is 5.75 Å². The molecule has 0 aromatic heterocycles. The minimum atomic E-state index is -5.73. The van der Waals surface area contributed by atoms with Crippen LogP contribution in [0.2, 0.25) is 0 Å². The molecule has 1 N–H and O–H groups in total. The number of ether oxygens (including phenoxy) is 1. The van der Waals surface area contributed by atoms with Gasteiger partial charge < -0.3 is 4.74 Å². The number of carbonyl (C=O) groups excluding carboxylic acids is 1. The molecule has 0 aliphatic heterocycles. The van der Waals surface area contributed by atoms with Crippen LogP contribution in [-0.4, -0.2) is 24.0 Å². The highest BCUT2D eigenvalue weighted by atomic mass is 19.4. The van der Waals surface area contributed by atoms with Crippen LogP contribution in [0.4, 0.5) is 31.1 Å². The van der Waals surface area contributed by atoms with E-state index in [0.717, 1.165) is 5.32 Å². The average Bonchev–Trinajstić information content (AvgIpc) is 2.38. The third-order valence-electron chi connectivity index (χ3n) is 3.78. The molecule has 1 rings (SSSR count). The molecular weight excluding hydrogens is 340 g/mol. The van der Waals surface area contributed by atoms with Crippen LogP contribution in [0, 0.1) is 20.8 Å². The average molecular weight is 357 g/mol. The van der Waals surface area contributed by atoms with Crippen LogP contribution >= 0.6 is 0 Å². The van der Waals surface area contributed by atoms with Crippen molar-refractivity contribution in [2.75, 3.05) is 0 Å². The Balaban J connectivity index is 3.16. The second kappa shape index (κ2) is 6.52. The van der Waals surface area contributed by atoms with Crippen LogP contribution in [0.3, 0.4) is 0 Å². The second-order valence-electron chi connectivity index (χ2n) is 5.47. The van der Waals surface area contributed by atoms with E-state index < -0.39 is 30.4 Å². The van der Waals surface area contributed by atoms with Gasteiger partial charge in [0.25, 0.3) is 0 Å². The minimum absolute atomic E-state index is 0.0978. The molecule has 136 valence electrons. The van der Waals surface area contributed by atoms with Crippen LogP contribution in [-0.2, 0) is 0 Å². The van der Waals surface area contributed by atoms with E-state index in [9.17, 15) is 31.1 Å².